The van der Waals surface area contributed by atoms with Crippen LogP contribution < -0.4 is 4.74 Å². The Bertz CT molecular complexity index is 323. The Morgan fingerprint density at radius 3 is 2.57 bits per heavy atom. The molecule has 0 bridgehead atoms. The average molecular weight is 259 g/mol. The predicted octanol–water partition coefficient (Wildman–Crippen LogP) is 2.74. The quantitative estimate of drug-likeness (QED) is 0.846. The second-order valence-corrected chi connectivity index (χ2v) is 4.02. The van der Waals surface area contributed by atoms with Gasteiger partial charge in [0.2, 0.25) is 0 Å². The molecule has 1 aromatic carbocycles. The molecule has 2 nitrogen and oxygen atoms in total. The van der Waals surface area contributed by atoms with E-state index in [9.17, 15) is 5.11 Å². The van der Waals surface area contributed by atoms with E-state index in [0.717, 1.165) is 22.4 Å². The van der Waals surface area contributed by atoms with Crippen molar-refractivity contribution in [3.63, 3.8) is 0 Å². The van der Waals surface area contributed by atoms with Crippen molar-refractivity contribution in [1.29, 1.82) is 0 Å². The van der Waals surface area contributed by atoms with E-state index in [1.54, 1.807) is 7.11 Å². The van der Waals surface area contributed by atoms with Gasteiger partial charge in [0.1, 0.15) is 5.75 Å². The van der Waals surface area contributed by atoms with Gasteiger partial charge in [-0.05, 0) is 25.5 Å². The number of methoxy groups -OCH3 is 1. The minimum Gasteiger partial charge on any atom is -0.496 e. The van der Waals surface area contributed by atoms with Crippen LogP contribution in [0.1, 0.15) is 22.8 Å². The Kier molecular flexibility index (Phi) is 3.96. The molecule has 0 saturated heterocycles. The molecular weight excluding hydrogens is 244 g/mol. The third-order valence-corrected chi connectivity index (χ3v) is 2.77. The summed E-state index contributed by atoms with van der Waals surface area (Å²) in [5.74, 6) is 0.780. The Morgan fingerprint density at radius 1 is 1.43 bits per heavy atom. The molecule has 1 unspecified atom stereocenters. The Morgan fingerprint density at radius 2 is 2.07 bits per heavy atom. The smallest absolute Gasteiger partial charge is 0.127 e. The first-order valence-electron chi connectivity index (χ1n) is 4.49. The molecule has 1 atom stereocenters. The molecule has 0 heterocycles. The summed E-state index contributed by atoms with van der Waals surface area (Å²) in [4.78, 5) is 0. The third-order valence-electron chi connectivity index (χ3n) is 2.16. The number of benzene rings is 1. The molecule has 1 rings (SSSR count). The lowest BCUT2D eigenvalue weighted by molar-refractivity contribution is 0.200. The summed E-state index contributed by atoms with van der Waals surface area (Å²) in [5.41, 5.74) is 3.04. The normalized spacial score (nSPS) is 12.6. The van der Waals surface area contributed by atoms with Crippen LogP contribution in [0.3, 0.4) is 0 Å². The molecule has 0 aliphatic heterocycles. The van der Waals surface area contributed by atoms with Crippen molar-refractivity contribution < 1.29 is 9.84 Å². The van der Waals surface area contributed by atoms with Crippen LogP contribution >= 0.6 is 15.9 Å². The molecule has 0 aliphatic rings. The van der Waals surface area contributed by atoms with Gasteiger partial charge < -0.3 is 9.84 Å². The van der Waals surface area contributed by atoms with Crippen LogP contribution in [0, 0.1) is 13.8 Å². The van der Waals surface area contributed by atoms with Crippen molar-refractivity contribution >= 4 is 15.9 Å². The molecule has 3 heteroatoms. The number of rotatable bonds is 3. The fraction of sp³-hybridized carbons (Fsp3) is 0.455. The second kappa shape index (κ2) is 4.80. The highest BCUT2D eigenvalue weighted by molar-refractivity contribution is 9.09. The summed E-state index contributed by atoms with van der Waals surface area (Å²) in [7, 11) is 1.63. The molecule has 0 aromatic heterocycles. The standard InChI is InChI=1S/C11H15BrO2/c1-7-4-8(2)11(14-3)9(5-7)10(13)6-12/h4-5,10,13H,6H2,1-3H3. The molecular formula is C11H15BrO2. The zero-order valence-electron chi connectivity index (χ0n) is 8.67. The molecule has 1 N–H and O–H groups in total. The number of aliphatic hydroxyl groups excluding tert-OH is 1. The van der Waals surface area contributed by atoms with E-state index < -0.39 is 6.10 Å². The first-order chi connectivity index (χ1) is 6.60. The number of halogens is 1. The maximum absolute atomic E-state index is 9.76. The van der Waals surface area contributed by atoms with Crippen LogP contribution in [-0.4, -0.2) is 17.5 Å². The van der Waals surface area contributed by atoms with E-state index in [-0.39, 0.29) is 0 Å². The number of ether oxygens (including phenoxy) is 1. The summed E-state index contributed by atoms with van der Waals surface area (Å²) in [6, 6.07) is 4.00. The van der Waals surface area contributed by atoms with Crippen LogP contribution in [0.4, 0.5) is 0 Å². The van der Waals surface area contributed by atoms with E-state index >= 15 is 0 Å². The number of alkyl halides is 1. The monoisotopic (exact) mass is 258 g/mol. The van der Waals surface area contributed by atoms with Gasteiger partial charge in [-0.3, -0.25) is 0 Å². The lowest BCUT2D eigenvalue weighted by Crippen LogP contribution is -2.03. The summed E-state index contributed by atoms with van der Waals surface area (Å²) < 4.78 is 5.27. The Labute approximate surface area is 93.0 Å². The van der Waals surface area contributed by atoms with Crippen molar-refractivity contribution in [1.82, 2.24) is 0 Å². The molecule has 0 radical (unpaired) electrons. The van der Waals surface area contributed by atoms with Crippen molar-refractivity contribution in [3.8, 4) is 5.75 Å². The van der Waals surface area contributed by atoms with Crippen LogP contribution in [-0.2, 0) is 0 Å². The second-order valence-electron chi connectivity index (χ2n) is 3.37. The maximum Gasteiger partial charge on any atom is 0.127 e. The summed E-state index contributed by atoms with van der Waals surface area (Å²) in [6.45, 7) is 3.99. The van der Waals surface area contributed by atoms with Crippen molar-refractivity contribution in [2.24, 2.45) is 0 Å². The maximum atomic E-state index is 9.76. The zero-order valence-corrected chi connectivity index (χ0v) is 10.3. The highest BCUT2D eigenvalue weighted by Crippen LogP contribution is 2.30. The minimum atomic E-state index is -0.511. The van der Waals surface area contributed by atoms with E-state index in [1.165, 1.54) is 0 Å². The van der Waals surface area contributed by atoms with Gasteiger partial charge in [0.25, 0.3) is 0 Å². The molecule has 1 aromatic rings. The van der Waals surface area contributed by atoms with E-state index in [4.69, 9.17) is 4.74 Å². The van der Waals surface area contributed by atoms with E-state index in [2.05, 4.69) is 15.9 Å². The van der Waals surface area contributed by atoms with Crippen molar-refractivity contribution in [3.05, 3.63) is 28.8 Å². The third kappa shape index (κ3) is 2.28. The molecule has 14 heavy (non-hydrogen) atoms. The molecule has 0 fully saturated rings. The van der Waals surface area contributed by atoms with Crippen LogP contribution in [0.5, 0.6) is 5.75 Å². The number of hydrogen-bond donors (Lipinski definition) is 1. The SMILES string of the molecule is COc1c(C)cc(C)cc1C(O)CBr. The van der Waals surface area contributed by atoms with Crippen LogP contribution in [0.2, 0.25) is 0 Å². The predicted molar refractivity (Wildman–Crippen MR) is 61.2 cm³/mol. The van der Waals surface area contributed by atoms with Crippen LogP contribution in [0.25, 0.3) is 0 Å². The largest absolute Gasteiger partial charge is 0.496 e. The minimum absolute atomic E-state index is 0.511. The van der Waals surface area contributed by atoms with Gasteiger partial charge in [-0.1, -0.05) is 27.6 Å². The van der Waals surface area contributed by atoms with E-state index in [0.29, 0.717) is 5.33 Å². The summed E-state index contributed by atoms with van der Waals surface area (Å²) in [6.07, 6.45) is -0.511. The van der Waals surface area contributed by atoms with Crippen molar-refractivity contribution in [2.45, 2.75) is 20.0 Å². The molecule has 0 amide bonds. The highest BCUT2D eigenvalue weighted by atomic mass is 79.9. The Hall–Kier alpha value is -0.540. The molecule has 0 aliphatic carbocycles. The molecule has 0 spiro atoms. The summed E-state index contributed by atoms with van der Waals surface area (Å²) >= 11 is 3.26. The summed E-state index contributed by atoms with van der Waals surface area (Å²) in [5, 5.41) is 10.3. The van der Waals surface area contributed by atoms with Gasteiger partial charge >= 0.3 is 0 Å². The van der Waals surface area contributed by atoms with Gasteiger partial charge in [0.05, 0.1) is 13.2 Å². The first-order valence-corrected chi connectivity index (χ1v) is 5.61. The molecule has 78 valence electrons. The number of aliphatic hydroxyl groups is 1. The van der Waals surface area contributed by atoms with E-state index in [1.807, 2.05) is 26.0 Å². The number of aryl methyl sites for hydroxylation is 2. The van der Waals surface area contributed by atoms with Gasteiger partial charge in [-0.2, -0.15) is 0 Å². The van der Waals surface area contributed by atoms with Gasteiger partial charge in [0.15, 0.2) is 0 Å². The van der Waals surface area contributed by atoms with Gasteiger partial charge in [-0.25, -0.2) is 0 Å². The zero-order chi connectivity index (χ0) is 10.7. The van der Waals surface area contributed by atoms with Crippen molar-refractivity contribution in [2.75, 3.05) is 12.4 Å². The van der Waals surface area contributed by atoms with Crippen LogP contribution in [0.15, 0.2) is 12.1 Å². The average Bonchev–Trinajstić information content (AvgIpc) is 2.15. The fourth-order valence-electron chi connectivity index (χ4n) is 1.60. The Balaban J connectivity index is 3.24. The first kappa shape index (κ1) is 11.5. The van der Waals surface area contributed by atoms with Gasteiger partial charge in [0, 0.05) is 10.9 Å². The lowest BCUT2D eigenvalue weighted by Gasteiger charge is -2.15. The number of hydrogen-bond acceptors (Lipinski definition) is 2. The lowest BCUT2D eigenvalue weighted by atomic mass is 10.0. The topological polar surface area (TPSA) is 29.5 Å². The molecule has 0 saturated carbocycles. The van der Waals surface area contributed by atoms with Gasteiger partial charge in [-0.15, -0.1) is 0 Å². The fourth-order valence-corrected chi connectivity index (χ4v) is 1.95. The highest BCUT2D eigenvalue weighted by Gasteiger charge is 2.14.